The summed E-state index contributed by atoms with van der Waals surface area (Å²) >= 11 is 1.25. The second-order valence-corrected chi connectivity index (χ2v) is 8.35. The van der Waals surface area contributed by atoms with Gasteiger partial charge in [0.2, 0.25) is 5.78 Å². The van der Waals surface area contributed by atoms with Crippen LogP contribution in [-0.4, -0.2) is 52.7 Å². The van der Waals surface area contributed by atoms with Crippen LogP contribution in [0.25, 0.3) is 0 Å². The fraction of sp³-hybridized carbons (Fsp3) is 0.391. The van der Waals surface area contributed by atoms with Crippen molar-refractivity contribution in [2.75, 3.05) is 19.8 Å². The molecule has 3 rings (SSSR count). The standard InChI is InChI=1S/C23H27NO6S/c1-4-29-17-13-15(8-9-16(17)25)20-19(21(26)18-7-5-12-31-18)22(27)23(28)24(20)10-6-11-30-14(2)3/h5,7-9,12-14,20,25,27H,4,6,10-11H2,1-3H3/t20-/m0/s1. The van der Waals surface area contributed by atoms with Crippen LogP contribution in [0.1, 0.15) is 48.5 Å². The molecule has 31 heavy (non-hydrogen) atoms. The minimum absolute atomic E-state index is 0.0327. The van der Waals surface area contributed by atoms with Crippen LogP contribution in [-0.2, 0) is 9.53 Å². The highest BCUT2D eigenvalue weighted by Gasteiger charge is 2.44. The fourth-order valence-corrected chi connectivity index (χ4v) is 4.21. The Morgan fingerprint density at radius 2 is 2.03 bits per heavy atom. The van der Waals surface area contributed by atoms with Crippen molar-refractivity contribution in [2.45, 2.75) is 39.3 Å². The van der Waals surface area contributed by atoms with E-state index < -0.39 is 23.5 Å². The van der Waals surface area contributed by atoms with E-state index in [1.54, 1.807) is 36.6 Å². The van der Waals surface area contributed by atoms with Crippen LogP contribution in [0.4, 0.5) is 0 Å². The number of hydrogen-bond donors (Lipinski definition) is 2. The molecule has 2 aromatic rings. The first-order valence-corrected chi connectivity index (χ1v) is 11.1. The molecule has 166 valence electrons. The maximum Gasteiger partial charge on any atom is 0.290 e. The molecule has 0 fully saturated rings. The molecule has 0 aliphatic carbocycles. The summed E-state index contributed by atoms with van der Waals surface area (Å²) in [5, 5.41) is 22.5. The molecule has 1 aliphatic rings. The van der Waals surface area contributed by atoms with Crippen molar-refractivity contribution in [2.24, 2.45) is 0 Å². The van der Waals surface area contributed by atoms with E-state index in [0.29, 0.717) is 36.6 Å². The third-order valence-corrected chi connectivity index (χ3v) is 5.76. The predicted molar refractivity (Wildman–Crippen MR) is 118 cm³/mol. The smallest absolute Gasteiger partial charge is 0.290 e. The zero-order valence-electron chi connectivity index (χ0n) is 17.8. The number of aliphatic hydroxyl groups is 1. The van der Waals surface area contributed by atoms with E-state index in [2.05, 4.69) is 0 Å². The molecule has 0 bridgehead atoms. The van der Waals surface area contributed by atoms with Gasteiger partial charge in [0, 0.05) is 13.2 Å². The summed E-state index contributed by atoms with van der Waals surface area (Å²) in [6.07, 6.45) is 0.614. The molecule has 1 amide bonds. The van der Waals surface area contributed by atoms with Crippen LogP contribution in [0.5, 0.6) is 11.5 Å². The van der Waals surface area contributed by atoms with Crippen molar-refractivity contribution in [3.05, 3.63) is 57.5 Å². The summed E-state index contributed by atoms with van der Waals surface area (Å²) in [5.74, 6) is -1.31. The Bertz CT molecular complexity index is 966. The van der Waals surface area contributed by atoms with Crippen LogP contribution >= 0.6 is 11.3 Å². The van der Waals surface area contributed by atoms with Gasteiger partial charge in [-0.1, -0.05) is 12.1 Å². The maximum atomic E-state index is 13.2. The molecule has 0 radical (unpaired) electrons. The third-order valence-electron chi connectivity index (χ3n) is 4.89. The first kappa shape index (κ1) is 22.8. The topological polar surface area (TPSA) is 96.3 Å². The van der Waals surface area contributed by atoms with Crippen molar-refractivity contribution >= 4 is 23.0 Å². The summed E-state index contributed by atoms with van der Waals surface area (Å²) in [6, 6.07) is 7.32. The van der Waals surface area contributed by atoms with Crippen LogP contribution < -0.4 is 4.74 Å². The van der Waals surface area contributed by atoms with E-state index in [-0.39, 0.29) is 23.2 Å². The number of hydrogen-bond acceptors (Lipinski definition) is 7. The molecule has 0 saturated carbocycles. The molecule has 0 spiro atoms. The Morgan fingerprint density at radius 3 is 2.68 bits per heavy atom. The molecule has 2 heterocycles. The summed E-state index contributed by atoms with van der Waals surface area (Å²) in [4.78, 5) is 28.0. The predicted octanol–water partition coefficient (Wildman–Crippen LogP) is 4.25. The normalized spacial score (nSPS) is 16.5. The lowest BCUT2D eigenvalue weighted by molar-refractivity contribution is -0.129. The fourth-order valence-electron chi connectivity index (χ4n) is 3.53. The van der Waals surface area contributed by atoms with Crippen LogP contribution in [0.2, 0.25) is 0 Å². The average molecular weight is 446 g/mol. The SMILES string of the molecule is CCOc1cc([C@H]2C(C(=O)c3cccs3)=C(O)C(=O)N2CCCOC(C)C)ccc1O. The molecule has 2 N–H and O–H groups in total. The number of Topliss-reactive ketones (excluding diaryl/α,β-unsaturated/α-hetero) is 1. The number of phenols is 1. The molecule has 1 aliphatic heterocycles. The maximum absolute atomic E-state index is 13.2. The highest BCUT2D eigenvalue weighted by molar-refractivity contribution is 7.12. The lowest BCUT2D eigenvalue weighted by Gasteiger charge is -2.27. The number of amides is 1. The zero-order chi connectivity index (χ0) is 22.5. The van der Waals surface area contributed by atoms with E-state index in [0.717, 1.165) is 0 Å². The van der Waals surface area contributed by atoms with Crippen LogP contribution in [0, 0.1) is 0 Å². The van der Waals surface area contributed by atoms with Crippen molar-refractivity contribution < 1.29 is 29.3 Å². The zero-order valence-corrected chi connectivity index (χ0v) is 18.6. The van der Waals surface area contributed by atoms with Crippen molar-refractivity contribution in [3.63, 3.8) is 0 Å². The Kier molecular flexibility index (Phi) is 7.35. The molecule has 1 atom stereocenters. The van der Waals surface area contributed by atoms with Crippen LogP contribution in [0.15, 0.2) is 47.0 Å². The van der Waals surface area contributed by atoms with Gasteiger partial charge in [-0.2, -0.15) is 0 Å². The number of nitrogens with zero attached hydrogens (tertiary/aromatic N) is 1. The van der Waals surface area contributed by atoms with Gasteiger partial charge in [-0.05, 0) is 56.3 Å². The largest absolute Gasteiger partial charge is 0.504 e. The number of carbonyl (C=O) groups excluding carboxylic acids is 2. The van der Waals surface area contributed by atoms with Gasteiger partial charge in [-0.25, -0.2) is 0 Å². The van der Waals surface area contributed by atoms with E-state index in [1.807, 2.05) is 13.8 Å². The monoisotopic (exact) mass is 445 g/mol. The first-order chi connectivity index (χ1) is 14.8. The summed E-state index contributed by atoms with van der Waals surface area (Å²) in [5.41, 5.74) is 0.605. The van der Waals surface area contributed by atoms with Gasteiger partial charge in [0.25, 0.3) is 5.91 Å². The molecule has 1 aromatic carbocycles. The summed E-state index contributed by atoms with van der Waals surface area (Å²) in [7, 11) is 0. The lowest BCUT2D eigenvalue weighted by Crippen LogP contribution is -2.32. The number of benzene rings is 1. The number of ether oxygens (including phenoxy) is 2. The molecular weight excluding hydrogens is 418 g/mol. The summed E-state index contributed by atoms with van der Waals surface area (Å²) in [6.45, 7) is 6.75. The molecule has 8 heteroatoms. The number of carbonyl (C=O) groups is 2. The molecular formula is C23H27NO6S. The van der Waals surface area contributed by atoms with E-state index >= 15 is 0 Å². The number of rotatable bonds is 10. The highest BCUT2D eigenvalue weighted by Crippen LogP contribution is 2.41. The Hall–Kier alpha value is -2.84. The van der Waals surface area contributed by atoms with Gasteiger partial charge >= 0.3 is 0 Å². The number of thiophene rings is 1. The van der Waals surface area contributed by atoms with Gasteiger partial charge in [0.15, 0.2) is 17.3 Å². The summed E-state index contributed by atoms with van der Waals surface area (Å²) < 4.78 is 11.1. The third kappa shape index (κ3) is 4.91. The lowest BCUT2D eigenvalue weighted by atomic mass is 9.95. The Labute approximate surface area is 185 Å². The quantitative estimate of drug-likeness (QED) is 0.419. The van der Waals surface area contributed by atoms with Gasteiger partial charge in [-0.15, -0.1) is 11.3 Å². The number of ketones is 1. The minimum Gasteiger partial charge on any atom is -0.504 e. The van der Waals surface area contributed by atoms with Gasteiger partial charge in [0.05, 0.1) is 29.2 Å². The van der Waals surface area contributed by atoms with E-state index in [4.69, 9.17) is 9.47 Å². The van der Waals surface area contributed by atoms with Crippen molar-refractivity contribution in [1.82, 2.24) is 4.90 Å². The molecule has 7 nitrogen and oxygen atoms in total. The minimum atomic E-state index is -0.791. The number of phenolic OH excluding ortho intramolecular Hbond substituents is 1. The van der Waals surface area contributed by atoms with Crippen LogP contribution in [0.3, 0.4) is 0 Å². The average Bonchev–Trinajstić information content (AvgIpc) is 3.35. The van der Waals surface area contributed by atoms with Crippen molar-refractivity contribution in [3.8, 4) is 11.5 Å². The number of aliphatic hydroxyl groups excluding tert-OH is 1. The molecule has 1 aromatic heterocycles. The number of aromatic hydroxyl groups is 1. The Balaban J connectivity index is 1.99. The van der Waals surface area contributed by atoms with Gasteiger partial charge in [0.1, 0.15) is 0 Å². The van der Waals surface area contributed by atoms with Gasteiger partial charge in [-0.3, -0.25) is 9.59 Å². The Morgan fingerprint density at radius 1 is 1.26 bits per heavy atom. The second kappa shape index (κ2) is 9.98. The van der Waals surface area contributed by atoms with E-state index in [1.165, 1.54) is 22.3 Å². The van der Waals surface area contributed by atoms with Gasteiger partial charge < -0.3 is 24.6 Å². The van der Waals surface area contributed by atoms with Crippen molar-refractivity contribution in [1.29, 1.82) is 0 Å². The molecule has 0 unspecified atom stereocenters. The van der Waals surface area contributed by atoms with E-state index in [9.17, 15) is 19.8 Å². The molecule has 0 saturated heterocycles. The second-order valence-electron chi connectivity index (χ2n) is 7.40. The highest BCUT2D eigenvalue weighted by atomic mass is 32.1. The first-order valence-electron chi connectivity index (χ1n) is 10.2.